The van der Waals surface area contributed by atoms with Crippen LogP contribution in [0.2, 0.25) is 5.02 Å². The Kier molecular flexibility index (Phi) is 8.62. The minimum Gasteiger partial charge on any atom is -0.493 e. The van der Waals surface area contributed by atoms with Gasteiger partial charge in [-0.15, -0.1) is 0 Å². The molecule has 2 aliphatic rings. The van der Waals surface area contributed by atoms with E-state index in [0.29, 0.717) is 87.7 Å². The van der Waals surface area contributed by atoms with Crippen molar-refractivity contribution in [3.63, 3.8) is 0 Å². The van der Waals surface area contributed by atoms with Gasteiger partial charge in [0.05, 0.1) is 19.8 Å². The molecule has 4 rings (SSSR count). The molecule has 0 saturated carbocycles. The third kappa shape index (κ3) is 6.95. The number of hydrogen-bond donors (Lipinski definition) is 0. The van der Waals surface area contributed by atoms with Crippen LogP contribution in [0.1, 0.15) is 44.3 Å². The summed E-state index contributed by atoms with van der Waals surface area (Å²) in [6, 6.07) is 7.24. The molecule has 2 fully saturated rings. The van der Waals surface area contributed by atoms with Gasteiger partial charge in [-0.05, 0) is 31.0 Å². The predicted molar refractivity (Wildman–Crippen MR) is 129 cm³/mol. The Morgan fingerprint density at radius 2 is 2.00 bits per heavy atom. The second-order valence-electron chi connectivity index (χ2n) is 9.29. The zero-order valence-electron chi connectivity index (χ0n) is 20.2. The molecule has 1 aromatic heterocycles. The summed E-state index contributed by atoms with van der Waals surface area (Å²) in [5.41, 5.74) is -0.481. The summed E-state index contributed by atoms with van der Waals surface area (Å²) in [4.78, 5) is 34.3. The average molecular weight is 505 g/mol. The fourth-order valence-electron chi connectivity index (χ4n) is 4.68. The summed E-state index contributed by atoms with van der Waals surface area (Å²) in [5, 5.41) is 4.49. The van der Waals surface area contributed by atoms with E-state index in [9.17, 15) is 9.59 Å². The molecule has 1 aromatic carbocycles. The number of rotatable bonds is 9. The maximum atomic E-state index is 13.2. The number of morpholine rings is 1. The largest absolute Gasteiger partial charge is 0.493 e. The number of likely N-dealkylation sites (tertiary alicyclic amines) is 1. The molecule has 0 radical (unpaired) electrons. The Labute approximate surface area is 210 Å². The molecular formula is C25H33ClN4O5. The highest BCUT2D eigenvalue weighted by atomic mass is 35.5. The van der Waals surface area contributed by atoms with Gasteiger partial charge in [-0.25, -0.2) is 0 Å². The van der Waals surface area contributed by atoms with Crippen molar-refractivity contribution < 1.29 is 23.6 Å². The van der Waals surface area contributed by atoms with E-state index in [4.69, 9.17) is 25.6 Å². The molecule has 3 heterocycles. The molecule has 0 bridgehead atoms. The molecule has 2 saturated heterocycles. The number of ether oxygens (including phenoxy) is 2. The van der Waals surface area contributed by atoms with Gasteiger partial charge in [0.1, 0.15) is 5.75 Å². The number of carbonyl (C=O) groups is 2. The van der Waals surface area contributed by atoms with Gasteiger partial charge in [0.2, 0.25) is 17.7 Å². The van der Waals surface area contributed by atoms with Crippen molar-refractivity contribution in [2.24, 2.45) is 5.41 Å². The van der Waals surface area contributed by atoms with Crippen molar-refractivity contribution in [2.45, 2.75) is 45.4 Å². The van der Waals surface area contributed by atoms with Crippen LogP contribution in [-0.2, 0) is 27.2 Å². The van der Waals surface area contributed by atoms with Crippen molar-refractivity contribution >= 4 is 23.4 Å². The highest BCUT2D eigenvalue weighted by Crippen LogP contribution is 2.36. The van der Waals surface area contributed by atoms with Gasteiger partial charge in [-0.1, -0.05) is 29.7 Å². The molecule has 2 aromatic rings. The van der Waals surface area contributed by atoms with E-state index < -0.39 is 5.41 Å². The molecule has 0 spiro atoms. The first kappa shape index (κ1) is 25.4. The fourth-order valence-corrected chi connectivity index (χ4v) is 4.86. The number of aromatic nitrogens is 2. The number of aryl methyl sites for hydroxylation is 2. The van der Waals surface area contributed by atoms with Crippen LogP contribution < -0.4 is 4.74 Å². The summed E-state index contributed by atoms with van der Waals surface area (Å²) in [7, 11) is 0. The van der Waals surface area contributed by atoms with Gasteiger partial charge in [0, 0.05) is 62.3 Å². The predicted octanol–water partition coefficient (Wildman–Crippen LogP) is 3.15. The van der Waals surface area contributed by atoms with E-state index in [1.807, 2.05) is 28.9 Å². The lowest BCUT2D eigenvalue weighted by molar-refractivity contribution is -0.143. The molecule has 0 unspecified atom stereocenters. The minimum absolute atomic E-state index is 0.0203. The maximum Gasteiger partial charge on any atom is 0.227 e. The summed E-state index contributed by atoms with van der Waals surface area (Å²) in [6.45, 7) is 5.70. The molecule has 35 heavy (non-hydrogen) atoms. The lowest BCUT2D eigenvalue weighted by Crippen LogP contribution is -2.52. The first-order valence-corrected chi connectivity index (χ1v) is 12.7. The highest BCUT2D eigenvalue weighted by Gasteiger charge is 2.41. The van der Waals surface area contributed by atoms with Crippen LogP contribution in [-0.4, -0.2) is 77.8 Å². The summed E-state index contributed by atoms with van der Waals surface area (Å²) >= 11 is 6.12. The summed E-state index contributed by atoms with van der Waals surface area (Å²) in [5.74, 6) is 1.87. The van der Waals surface area contributed by atoms with Crippen LogP contribution in [0.5, 0.6) is 5.75 Å². The van der Waals surface area contributed by atoms with E-state index in [-0.39, 0.29) is 18.2 Å². The maximum absolute atomic E-state index is 13.2. The van der Waals surface area contributed by atoms with Crippen molar-refractivity contribution in [1.29, 1.82) is 0 Å². The number of benzene rings is 1. The van der Waals surface area contributed by atoms with E-state index in [0.717, 1.165) is 12.8 Å². The zero-order valence-corrected chi connectivity index (χ0v) is 21.0. The number of piperidine rings is 1. The third-order valence-electron chi connectivity index (χ3n) is 6.62. The second-order valence-corrected chi connectivity index (χ2v) is 9.73. The van der Waals surface area contributed by atoms with E-state index in [2.05, 4.69) is 10.1 Å². The van der Waals surface area contributed by atoms with Gasteiger partial charge in [-0.3, -0.25) is 9.59 Å². The van der Waals surface area contributed by atoms with Crippen LogP contribution in [0.15, 0.2) is 28.8 Å². The lowest BCUT2D eigenvalue weighted by Gasteiger charge is -2.43. The van der Waals surface area contributed by atoms with Gasteiger partial charge in [0.15, 0.2) is 5.82 Å². The Hall–Kier alpha value is -2.65. The number of hydrogen-bond acceptors (Lipinski definition) is 7. The van der Waals surface area contributed by atoms with E-state index >= 15 is 0 Å². The van der Waals surface area contributed by atoms with Gasteiger partial charge >= 0.3 is 0 Å². The lowest BCUT2D eigenvalue weighted by atomic mass is 9.77. The van der Waals surface area contributed by atoms with Crippen LogP contribution in [0.4, 0.5) is 0 Å². The number of carbonyl (C=O) groups excluding carboxylic acids is 2. The molecule has 10 heteroatoms. The van der Waals surface area contributed by atoms with E-state index in [1.54, 1.807) is 12.1 Å². The molecule has 190 valence electrons. The Morgan fingerprint density at radius 3 is 2.74 bits per heavy atom. The SMILES string of the molecule is CCc1noc(CCC(=O)N2CCC[C@](COc3cccc(Cl)c3)(CC(=O)N3CCOCC3)C2)n1. The quantitative estimate of drug-likeness (QED) is 0.517. The first-order valence-electron chi connectivity index (χ1n) is 12.3. The first-order chi connectivity index (χ1) is 17.0. The molecule has 0 aliphatic carbocycles. The molecular weight excluding hydrogens is 472 g/mol. The summed E-state index contributed by atoms with van der Waals surface area (Å²) < 4.78 is 16.8. The van der Waals surface area contributed by atoms with Crippen LogP contribution in [0.3, 0.4) is 0 Å². The molecule has 9 nitrogen and oxygen atoms in total. The molecule has 2 amide bonds. The van der Waals surface area contributed by atoms with Gasteiger partial charge < -0.3 is 23.8 Å². The van der Waals surface area contributed by atoms with Crippen molar-refractivity contribution in [1.82, 2.24) is 19.9 Å². The Balaban J connectivity index is 1.44. The molecule has 2 aliphatic heterocycles. The topological polar surface area (TPSA) is 98.0 Å². The highest BCUT2D eigenvalue weighted by molar-refractivity contribution is 6.30. The number of nitrogens with zero attached hydrogens (tertiary/aromatic N) is 4. The normalized spacial score (nSPS) is 20.6. The van der Waals surface area contributed by atoms with Gasteiger partial charge in [0.25, 0.3) is 0 Å². The Morgan fingerprint density at radius 1 is 1.17 bits per heavy atom. The van der Waals surface area contributed by atoms with Crippen molar-refractivity contribution in [3.05, 3.63) is 41.0 Å². The average Bonchev–Trinajstić information content (AvgIpc) is 3.35. The van der Waals surface area contributed by atoms with Crippen LogP contribution in [0.25, 0.3) is 0 Å². The third-order valence-corrected chi connectivity index (χ3v) is 6.86. The zero-order chi connectivity index (χ0) is 24.7. The summed E-state index contributed by atoms with van der Waals surface area (Å²) in [6.07, 6.45) is 3.31. The molecule has 0 N–H and O–H groups in total. The number of amides is 2. The van der Waals surface area contributed by atoms with Crippen molar-refractivity contribution in [3.8, 4) is 5.75 Å². The van der Waals surface area contributed by atoms with Crippen molar-refractivity contribution in [2.75, 3.05) is 46.0 Å². The van der Waals surface area contributed by atoms with Gasteiger partial charge in [-0.2, -0.15) is 4.98 Å². The second kappa shape index (κ2) is 11.9. The minimum atomic E-state index is -0.481. The van der Waals surface area contributed by atoms with Crippen LogP contribution >= 0.6 is 11.6 Å². The Bertz CT molecular complexity index is 1010. The monoisotopic (exact) mass is 504 g/mol. The number of halogens is 1. The smallest absolute Gasteiger partial charge is 0.227 e. The standard InChI is InChI=1S/C25H33ClN4O5/c1-2-21-27-22(35-28-21)7-8-23(31)30-10-4-9-25(17-30,16-24(32)29-11-13-33-14-12-29)18-34-20-6-3-5-19(26)15-20/h3,5-6,15H,2,4,7-14,16-18H2,1H3/t25-/m0/s1. The van der Waals surface area contributed by atoms with E-state index in [1.165, 1.54) is 0 Å². The molecule has 1 atom stereocenters. The van der Waals surface area contributed by atoms with Crippen LogP contribution in [0, 0.1) is 5.41 Å². The fraction of sp³-hybridized carbons (Fsp3) is 0.600.